The van der Waals surface area contributed by atoms with Gasteiger partial charge in [0.25, 0.3) is 0 Å². The predicted octanol–water partition coefficient (Wildman–Crippen LogP) is 4.04. The molecule has 0 radical (unpaired) electrons. The lowest BCUT2D eigenvalue weighted by molar-refractivity contribution is -0.149. The van der Waals surface area contributed by atoms with E-state index in [2.05, 4.69) is 12.4 Å². The predicted molar refractivity (Wildman–Crippen MR) is 82.6 cm³/mol. The van der Waals surface area contributed by atoms with Crippen LogP contribution in [-0.2, 0) is 11.3 Å². The van der Waals surface area contributed by atoms with E-state index in [4.69, 9.17) is 4.74 Å². The third kappa shape index (κ3) is 2.86. The van der Waals surface area contributed by atoms with E-state index in [1.807, 2.05) is 12.1 Å². The van der Waals surface area contributed by atoms with Crippen LogP contribution in [0.15, 0.2) is 24.3 Å². The minimum atomic E-state index is -0.156. The summed E-state index contributed by atoms with van der Waals surface area (Å²) in [4.78, 5) is 0. The van der Waals surface area contributed by atoms with E-state index < -0.39 is 0 Å². The third-order valence-corrected chi connectivity index (χ3v) is 5.57. The first-order valence-electron chi connectivity index (χ1n) is 8.28. The Morgan fingerprint density at radius 3 is 2.57 bits per heavy atom. The summed E-state index contributed by atoms with van der Waals surface area (Å²) in [7, 11) is 2.06. The molecule has 3 rings (SSSR count). The molecule has 2 aliphatic carbocycles. The van der Waals surface area contributed by atoms with Gasteiger partial charge in [-0.2, -0.15) is 0 Å². The van der Waals surface area contributed by atoms with Crippen LogP contribution in [0.2, 0.25) is 0 Å². The summed E-state index contributed by atoms with van der Waals surface area (Å²) in [6, 6.07) is 7.51. The van der Waals surface area contributed by atoms with E-state index in [-0.39, 0.29) is 17.3 Å². The van der Waals surface area contributed by atoms with Gasteiger partial charge in [-0.05, 0) is 32.4 Å². The Labute approximate surface area is 127 Å². The Bertz CT molecular complexity index is 468. The largest absolute Gasteiger partial charge is 0.373 e. The molecular weight excluding hydrogens is 265 g/mol. The maximum absolute atomic E-state index is 13.7. The molecule has 0 bridgehead atoms. The highest BCUT2D eigenvalue weighted by molar-refractivity contribution is 5.17. The molecule has 0 amide bonds. The second kappa shape index (κ2) is 6.45. The van der Waals surface area contributed by atoms with Crippen molar-refractivity contribution in [3.63, 3.8) is 0 Å². The fourth-order valence-electron chi connectivity index (χ4n) is 4.25. The van der Waals surface area contributed by atoms with Gasteiger partial charge in [0.2, 0.25) is 0 Å². The molecule has 21 heavy (non-hydrogen) atoms. The van der Waals surface area contributed by atoms with Crippen molar-refractivity contribution in [2.24, 2.45) is 5.41 Å². The van der Waals surface area contributed by atoms with Crippen molar-refractivity contribution in [1.29, 1.82) is 0 Å². The number of halogens is 1. The van der Waals surface area contributed by atoms with Gasteiger partial charge in [-0.25, -0.2) is 4.39 Å². The molecular formula is C18H26FNO. The highest BCUT2D eigenvalue weighted by atomic mass is 19.1. The van der Waals surface area contributed by atoms with Crippen LogP contribution >= 0.6 is 0 Å². The smallest absolute Gasteiger partial charge is 0.128 e. The molecule has 0 heterocycles. The van der Waals surface area contributed by atoms with Crippen molar-refractivity contribution in [2.75, 3.05) is 7.05 Å². The maximum Gasteiger partial charge on any atom is 0.128 e. The van der Waals surface area contributed by atoms with Crippen molar-refractivity contribution in [2.45, 2.75) is 63.7 Å². The summed E-state index contributed by atoms with van der Waals surface area (Å²) in [5.74, 6) is -0.156. The number of hydrogen-bond donors (Lipinski definition) is 1. The monoisotopic (exact) mass is 291 g/mol. The van der Waals surface area contributed by atoms with Crippen LogP contribution in [0.5, 0.6) is 0 Å². The van der Waals surface area contributed by atoms with Crippen molar-refractivity contribution in [1.82, 2.24) is 5.32 Å². The summed E-state index contributed by atoms with van der Waals surface area (Å²) in [5.41, 5.74) is 0.963. The molecule has 1 aromatic carbocycles. The van der Waals surface area contributed by atoms with Gasteiger partial charge in [0.05, 0.1) is 12.7 Å². The number of hydrogen-bond acceptors (Lipinski definition) is 2. The van der Waals surface area contributed by atoms with Crippen molar-refractivity contribution in [3.05, 3.63) is 35.6 Å². The second-order valence-corrected chi connectivity index (χ2v) is 6.62. The molecule has 2 nitrogen and oxygen atoms in total. The zero-order chi connectivity index (χ0) is 14.7. The molecule has 0 aliphatic heterocycles. The molecule has 1 aromatic rings. The van der Waals surface area contributed by atoms with Gasteiger partial charge in [-0.3, -0.25) is 0 Å². The Morgan fingerprint density at radius 2 is 1.90 bits per heavy atom. The summed E-state index contributed by atoms with van der Waals surface area (Å²) in [5, 5.41) is 3.48. The van der Waals surface area contributed by atoms with Gasteiger partial charge in [0.1, 0.15) is 5.82 Å². The average Bonchev–Trinajstić information content (AvgIpc) is 2.76. The first-order chi connectivity index (χ1) is 10.3. The number of nitrogens with one attached hydrogen (secondary N) is 1. The molecule has 1 spiro atoms. The first-order valence-corrected chi connectivity index (χ1v) is 8.28. The lowest BCUT2D eigenvalue weighted by Gasteiger charge is -2.56. The highest BCUT2D eigenvalue weighted by Gasteiger charge is 2.54. The highest BCUT2D eigenvalue weighted by Crippen LogP contribution is 2.52. The van der Waals surface area contributed by atoms with E-state index in [0.29, 0.717) is 18.2 Å². The summed E-state index contributed by atoms with van der Waals surface area (Å²) in [6.45, 7) is 0.398. The van der Waals surface area contributed by atoms with E-state index in [1.165, 1.54) is 44.6 Å². The van der Waals surface area contributed by atoms with Crippen molar-refractivity contribution in [3.8, 4) is 0 Å². The SMILES string of the molecule is CNC1CC(OCc2ccccc2F)C12CCCCCC2. The molecule has 2 saturated carbocycles. The quantitative estimate of drug-likeness (QED) is 0.904. The van der Waals surface area contributed by atoms with Gasteiger partial charge in [-0.1, -0.05) is 43.9 Å². The van der Waals surface area contributed by atoms with Crippen LogP contribution in [0.1, 0.15) is 50.5 Å². The van der Waals surface area contributed by atoms with Gasteiger partial charge >= 0.3 is 0 Å². The molecule has 2 unspecified atom stereocenters. The zero-order valence-electron chi connectivity index (χ0n) is 12.9. The third-order valence-electron chi connectivity index (χ3n) is 5.57. The van der Waals surface area contributed by atoms with Crippen LogP contribution < -0.4 is 5.32 Å². The topological polar surface area (TPSA) is 21.3 Å². The van der Waals surface area contributed by atoms with E-state index >= 15 is 0 Å². The molecule has 0 aromatic heterocycles. The first kappa shape index (κ1) is 15.0. The minimum absolute atomic E-state index is 0.156. The minimum Gasteiger partial charge on any atom is -0.373 e. The molecule has 2 aliphatic rings. The number of benzene rings is 1. The van der Waals surface area contributed by atoms with Crippen molar-refractivity contribution >= 4 is 0 Å². The Balaban J connectivity index is 1.66. The lowest BCUT2D eigenvalue weighted by atomic mass is 9.58. The Kier molecular flexibility index (Phi) is 4.60. The molecule has 3 heteroatoms. The van der Waals surface area contributed by atoms with Gasteiger partial charge in [-0.15, -0.1) is 0 Å². The van der Waals surface area contributed by atoms with Crippen LogP contribution in [0.3, 0.4) is 0 Å². The van der Waals surface area contributed by atoms with Crippen LogP contribution in [0.4, 0.5) is 4.39 Å². The second-order valence-electron chi connectivity index (χ2n) is 6.62. The normalized spacial score (nSPS) is 28.1. The van der Waals surface area contributed by atoms with E-state index in [0.717, 1.165) is 6.42 Å². The number of rotatable bonds is 4. The lowest BCUT2D eigenvalue weighted by Crippen LogP contribution is -2.62. The van der Waals surface area contributed by atoms with Gasteiger partial charge in [0.15, 0.2) is 0 Å². The molecule has 0 saturated heterocycles. The summed E-state index contributed by atoms with van der Waals surface area (Å²) >= 11 is 0. The molecule has 116 valence electrons. The molecule has 2 fully saturated rings. The van der Waals surface area contributed by atoms with Crippen LogP contribution in [-0.4, -0.2) is 19.2 Å². The average molecular weight is 291 g/mol. The van der Waals surface area contributed by atoms with Crippen molar-refractivity contribution < 1.29 is 9.13 Å². The molecule has 1 N–H and O–H groups in total. The van der Waals surface area contributed by atoms with Gasteiger partial charge < -0.3 is 10.1 Å². The fraction of sp³-hybridized carbons (Fsp3) is 0.667. The van der Waals surface area contributed by atoms with E-state index in [1.54, 1.807) is 6.07 Å². The van der Waals surface area contributed by atoms with Gasteiger partial charge in [0, 0.05) is 17.0 Å². The standard InChI is InChI=1S/C18H26FNO/c1-20-16-12-17(18(16)10-6-2-3-7-11-18)21-13-14-8-4-5-9-15(14)19/h4-5,8-9,16-17,20H,2-3,6-7,10-13H2,1H3. The summed E-state index contributed by atoms with van der Waals surface area (Å²) in [6.07, 6.45) is 9.14. The van der Waals surface area contributed by atoms with Crippen LogP contribution in [0.25, 0.3) is 0 Å². The fourth-order valence-corrected chi connectivity index (χ4v) is 4.25. The zero-order valence-corrected chi connectivity index (χ0v) is 12.9. The molecule has 2 atom stereocenters. The summed E-state index contributed by atoms with van der Waals surface area (Å²) < 4.78 is 19.9. The van der Waals surface area contributed by atoms with E-state index in [9.17, 15) is 4.39 Å². The maximum atomic E-state index is 13.7. The van der Waals surface area contributed by atoms with Crippen LogP contribution in [0, 0.1) is 11.2 Å². The number of ether oxygens (including phenoxy) is 1. The Morgan fingerprint density at radius 1 is 1.19 bits per heavy atom. The Hall–Kier alpha value is -0.930.